The van der Waals surface area contributed by atoms with Gasteiger partial charge in [0.05, 0.1) is 13.2 Å². The Morgan fingerprint density at radius 2 is 0.774 bits per heavy atom. The molecule has 0 unspecified atom stereocenters. The lowest BCUT2D eigenvalue weighted by Gasteiger charge is -2.11. The lowest BCUT2D eigenvalue weighted by molar-refractivity contribution is 0.109. The van der Waals surface area contributed by atoms with Gasteiger partial charge in [-0.1, -0.05) is 84.9 Å². The standard InChI is InChI=1S/C30H22O/c1-3-9-23-17-29-25(15-21(23)7-1)11-5-13-27(29)19-31-20-28-14-6-12-26-16-22-8-2-4-10-24(22)18-30(26)28/h1-18H,19-20H2. The molecule has 31 heavy (non-hydrogen) atoms. The lowest BCUT2D eigenvalue weighted by atomic mass is 9.99. The highest BCUT2D eigenvalue weighted by atomic mass is 16.5. The molecule has 0 saturated carbocycles. The van der Waals surface area contributed by atoms with Crippen molar-refractivity contribution in [1.29, 1.82) is 0 Å². The first-order chi connectivity index (χ1) is 15.3. The minimum atomic E-state index is 0.597. The molecule has 6 aromatic carbocycles. The second-order valence-electron chi connectivity index (χ2n) is 8.17. The van der Waals surface area contributed by atoms with Crippen LogP contribution in [0.25, 0.3) is 43.1 Å². The zero-order chi connectivity index (χ0) is 20.6. The predicted molar refractivity (Wildman–Crippen MR) is 131 cm³/mol. The third kappa shape index (κ3) is 3.34. The van der Waals surface area contributed by atoms with Gasteiger partial charge in [0, 0.05) is 0 Å². The molecule has 0 saturated heterocycles. The van der Waals surface area contributed by atoms with E-state index in [1.807, 2.05) is 0 Å². The van der Waals surface area contributed by atoms with E-state index in [0.717, 1.165) is 0 Å². The summed E-state index contributed by atoms with van der Waals surface area (Å²) in [5.41, 5.74) is 2.46. The monoisotopic (exact) mass is 398 g/mol. The summed E-state index contributed by atoms with van der Waals surface area (Å²) in [5, 5.41) is 10.1. The first-order valence-corrected chi connectivity index (χ1v) is 10.7. The van der Waals surface area contributed by atoms with Gasteiger partial charge in [-0.15, -0.1) is 0 Å². The van der Waals surface area contributed by atoms with Crippen LogP contribution in [0.15, 0.2) is 109 Å². The topological polar surface area (TPSA) is 9.23 Å². The number of fused-ring (bicyclic) bond motifs is 4. The average Bonchev–Trinajstić information content (AvgIpc) is 2.82. The SMILES string of the molecule is c1ccc2cc3c(COCc4cccc5cc6ccccc6cc45)cccc3cc2c1. The summed E-state index contributed by atoms with van der Waals surface area (Å²) < 4.78 is 6.25. The molecule has 0 aliphatic carbocycles. The highest BCUT2D eigenvalue weighted by molar-refractivity contribution is 6.00. The molecular formula is C30H22O. The van der Waals surface area contributed by atoms with E-state index in [1.54, 1.807) is 0 Å². The number of benzene rings is 6. The van der Waals surface area contributed by atoms with Crippen molar-refractivity contribution in [3.05, 3.63) is 120 Å². The largest absolute Gasteiger partial charge is 0.372 e. The lowest BCUT2D eigenvalue weighted by Crippen LogP contribution is -1.96. The number of hydrogen-bond donors (Lipinski definition) is 0. The molecule has 0 bridgehead atoms. The van der Waals surface area contributed by atoms with Crippen LogP contribution in [-0.2, 0) is 18.0 Å². The van der Waals surface area contributed by atoms with Crippen LogP contribution < -0.4 is 0 Å². The van der Waals surface area contributed by atoms with Crippen LogP contribution in [0, 0.1) is 0 Å². The minimum absolute atomic E-state index is 0.597. The molecular weight excluding hydrogens is 376 g/mol. The number of rotatable bonds is 4. The molecule has 6 rings (SSSR count). The van der Waals surface area contributed by atoms with Crippen molar-refractivity contribution in [3.63, 3.8) is 0 Å². The maximum atomic E-state index is 6.25. The maximum Gasteiger partial charge on any atom is 0.0727 e. The van der Waals surface area contributed by atoms with Gasteiger partial charge in [-0.05, 0) is 78.5 Å². The summed E-state index contributed by atoms with van der Waals surface area (Å²) in [5.74, 6) is 0. The van der Waals surface area contributed by atoms with Gasteiger partial charge >= 0.3 is 0 Å². The predicted octanol–water partition coefficient (Wildman–Crippen LogP) is 8.02. The second kappa shape index (κ2) is 7.54. The molecule has 0 heterocycles. The van der Waals surface area contributed by atoms with E-state index < -0.39 is 0 Å². The Bertz CT molecular complexity index is 1440. The Morgan fingerprint density at radius 3 is 1.23 bits per heavy atom. The van der Waals surface area contributed by atoms with Gasteiger partial charge in [0.2, 0.25) is 0 Å². The fraction of sp³-hybridized carbons (Fsp3) is 0.0667. The van der Waals surface area contributed by atoms with Crippen molar-refractivity contribution in [3.8, 4) is 0 Å². The zero-order valence-corrected chi connectivity index (χ0v) is 17.2. The molecule has 0 aliphatic rings. The van der Waals surface area contributed by atoms with Crippen molar-refractivity contribution in [2.45, 2.75) is 13.2 Å². The van der Waals surface area contributed by atoms with Crippen LogP contribution >= 0.6 is 0 Å². The van der Waals surface area contributed by atoms with Crippen molar-refractivity contribution in [1.82, 2.24) is 0 Å². The highest BCUT2D eigenvalue weighted by Crippen LogP contribution is 2.28. The van der Waals surface area contributed by atoms with Crippen molar-refractivity contribution in [2.75, 3.05) is 0 Å². The van der Waals surface area contributed by atoms with Gasteiger partial charge in [0.25, 0.3) is 0 Å². The smallest absolute Gasteiger partial charge is 0.0727 e. The number of hydrogen-bond acceptors (Lipinski definition) is 1. The Labute approximate surface area is 181 Å². The van der Waals surface area contributed by atoms with E-state index in [4.69, 9.17) is 4.74 Å². The van der Waals surface area contributed by atoms with Gasteiger partial charge < -0.3 is 4.74 Å². The van der Waals surface area contributed by atoms with E-state index in [2.05, 4.69) is 109 Å². The van der Waals surface area contributed by atoms with E-state index in [0.29, 0.717) is 13.2 Å². The second-order valence-corrected chi connectivity index (χ2v) is 8.17. The molecule has 1 nitrogen and oxygen atoms in total. The minimum Gasteiger partial charge on any atom is -0.372 e. The van der Waals surface area contributed by atoms with Gasteiger partial charge in [-0.25, -0.2) is 0 Å². The van der Waals surface area contributed by atoms with Crippen LogP contribution in [0.1, 0.15) is 11.1 Å². The molecule has 0 aromatic heterocycles. The molecule has 0 N–H and O–H groups in total. The third-order valence-corrected chi connectivity index (χ3v) is 6.19. The van der Waals surface area contributed by atoms with Crippen molar-refractivity contribution >= 4 is 43.1 Å². The van der Waals surface area contributed by atoms with E-state index in [9.17, 15) is 0 Å². The van der Waals surface area contributed by atoms with Crippen LogP contribution in [0.4, 0.5) is 0 Å². The zero-order valence-electron chi connectivity index (χ0n) is 17.2. The highest BCUT2D eigenvalue weighted by Gasteiger charge is 2.06. The fourth-order valence-electron chi connectivity index (χ4n) is 4.59. The van der Waals surface area contributed by atoms with E-state index in [-0.39, 0.29) is 0 Å². The summed E-state index contributed by atoms with van der Waals surface area (Å²) in [6.07, 6.45) is 0. The molecule has 0 fully saturated rings. The average molecular weight is 399 g/mol. The summed E-state index contributed by atoms with van der Waals surface area (Å²) in [6.45, 7) is 1.19. The van der Waals surface area contributed by atoms with Crippen LogP contribution in [-0.4, -0.2) is 0 Å². The van der Waals surface area contributed by atoms with E-state index in [1.165, 1.54) is 54.2 Å². The Balaban J connectivity index is 1.31. The van der Waals surface area contributed by atoms with Crippen molar-refractivity contribution < 1.29 is 4.74 Å². The van der Waals surface area contributed by atoms with Gasteiger partial charge in [-0.3, -0.25) is 0 Å². The first-order valence-electron chi connectivity index (χ1n) is 10.7. The molecule has 0 radical (unpaired) electrons. The molecule has 0 aliphatic heterocycles. The summed E-state index contributed by atoms with van der Waals surface area (Å²) in [4.78, 5) is 0. The maximum absolute atomic E-state index is 6.25. The van der Waals surface area contributed by atoms with Crippen molar-refractivity contribution in [2.24, 2.45) is 0 Å². The summed E-state index contributed by atoms with van der Waals surface area (Å²) in [7, 11) is 0. The molecule has 0 amide bonds. The third-order valence-electron chi connectivity index (χ3n) is 6.19. The van der Waals surface area contributed by atoms with Crippen LogP contribution in [0.2, 0.25) is 0 Å². The van der Waals surface area contributed by atoms with Gasteiger partial charge in [-0.2, -0.15) is 0 Å². The summed E-state index contributed by atoms with van der Waals surface area (Å²) >= 11 is 0. The molecule has 1 heteroatoms. The quantitative estimate of drug-likeness (QED) is 0.273. The van der Waals surface area contributed by atoms with Crippen LogP contribution in [0.5, 0.6) is 0 Å². The van der Waals surface area contributed by atoms with Crippen LogP contribution in [0.3, 0.4) is 0 Å². The number of ether oxygens (including phenoxy) is 1. The molecule has 6 aromatic rings. The van der Waals surface area contributed by atoms with Gasteiger partial charge in [0.1, 0.15) is 0 Å². The van der Waals surface area contributed by atoms with E-state index >= 15 is 0 Å². The molecule has 148 valence electrons. The summed E-state index contributed by atoms with van der Waals surface area (Å²) in [6, 6.07) is 39.1. The Hall–Kier alpha value is -3.68. The molecule has 0 spiro atoms. The Kier molecular flexibility index (Phi) is 4.40. The Morgan fingerprint density at radius 1 is 0.387 bits per heavy atom. The fourth-order valence-corrected chi connectivity index (χ4v) is 4.59. The normalized spacial score (nSPS) is 11.6. The van der Waals surface area contributed by atoms with Gasteiger partial charge in [0.15, 0.2) is 0 Å². The molecule has 0 atom stereocenters. The first kappa shape index (κ1) is 18.1.